The number of carbonyl (C=O) groups is 1. The van der Waals surface area contributed by atoms with Gasteiger partial charge in [-0.1, -0.05) is 6.07 Å². The van der Waals surface area contributed by atoms with Crippen LogP contribution in [0.4, 0.5) is 10.5 Å². The maximum absolute atomic E-state index is 10.8. The lowest BCUT2D eigenvalue weighted by molar-refractivity contribution is -0.385. The summed E-state index contributed by atoms with van der Waals surface area (Å²) in [6.07, 6.45) is 1.44. The summed E-state index contributed by atoms with van der Waals surface area (Å²) < 4.78 is 5.04. The number of nitrogens with one attached hydrogen (secondary N) is 1. The molecule has 0 atom stereocenters. The number of hydrazone groups is 1. The van der Waals surface area contributed by atoms with Gasteiger partial charge in [-0.05, 0) is 6.07 Å². The Morgan fingerprint density at radius 2 is 2.39 bits per heavy atom. The molecule has 8 heteroatoms. The predicted molar refractivity (Wildman–Crippen MR) is 64.6 cm³/mol. The average molecular weight is 252 g/mol. The highest BCUT2D eigenvalue weighted by Gasteiger charge is 2.16. The lowest BCUT2D eigenvalue weighted by Crippen LogP contribution is -2.24. The highest BCUT2D eigenvalue weighted by molar-refractivity contribution is 5.74. The van der Waals surface area contributed by atoms with Crippen LogP contribution in [0, 0.1) is 10.1 Å². The number of amides is 2. The monoisotopic (exact) mass is 252 g/mol. The Kier molecular flexibility index (Phi) is 4.61. The standard InChI is InChI=1S/C10H12N4O4/c1-18-9-4-2-3-8(14(16)17)7(9)5-6-12-13-10(11)15/h2-4,6H,5H2,1H3,(H3,11,13,15). The summed E-state index contributed by atoms with van der Waals surface area (Å²) in [5.41, 5.74) is 7.11. The molecule has 3 N–H and O–H groups in total. The minimum atomic E-state index is -0.805. The summed E-state index contributed by atoms with van der Waals surface area (Å²) in [6.45, 7) is 0. The molecule has 0 aliphatic rings. The Bertz CT molecular complexity index is 487. The number of carbonyl (C=O) groups excluding carboxylic acids is 1. The molecule has 0 heterocycles. The molecule has 0 fully saturated rings. The Labute approximate surface area is 103 Å². The van der Waals surface area contributed by atoms with E-state index in [1.807, 2.05) is 5.43 Å². The molecule has 1 aromatic rings. The van der Waals surface area contributed by atoms with Gasteiger partial charge in [-0.2, -0.15) is 5.10 Å². The van der Waals surface area contributed by atoms with Crippen LogP contribution >= 0.6 is 0 Å². The van der Waals surface area contributed by atoms with Crippen LogP contribution in [0.3, 0.4) is 0 Å². The van der Waals surface area contributed by atoms with Crippen molar-refractivity contribution in [3.63, 3.8) is 0 Å². The fourth-order valence-electron chi connectivity index (χ4n) is 1.37. The summed E-state index contributed by atoms with van der Waals surface area (Å²) in [5, 5.41) is 14.4. The Hall–Kier alpha value is -2.64. The molecular formula is C10H12N4O4. The summed E-state index contributed by atoms with van der Waals surface area (Å²) in [7, 11) is 1.42. The van der Waals surface area contributed by atoms with Crippen LogP contribution in [0.1, 0.15) is 5.56 Å². The fourth-order valence-corrected chi connectivity index (χ4v) is 1.37. The average Bonchev–Trinajstić information content (AvgIpc) is 2.33. The van der Waals surface area contributed by atoms with E-state index < -0.39 is 11.0 Å². The molecular weight excluding hydrogens is 240 g/mol. The number of nitro groups is 1. The van der Waals surface area contributed by atoms with Crippen LogP contribution in [-0.2, 0) is 6.42 Å². The first kappa shape index (κ1) is 13.4. The molecule has 0 saturated heterocycles. The molecule has 0 radical (unpaired) electrons. The van der Waals surface area contributed by atoms with E-state index in [2.05, 4.69) is 5.10 Å². The molecule has 0 unspecified atom stereocenters. The van der Waals surface area contributed by atoms with E-state index in [0.717, 1.165) is 0 Å². The Morgan fingerprint density at radius 1 is 1.67 bits per heavy atom. The van der Waals surface area contributed by atoms with Gasteiger partial charge in [0.1, 0.15) is 5.75 Å². The summed E-state index contributed by atoms with van der Waals surface area (Å²) >= 11 is 0. The van der Waals surface area contributed by atoms with Gasteiger partial charge in [0, 0.05) is 18.7 Å². The van der Waals surface area contributed by atoms with Gasteiger partial charge in [0.2, 0.25) is 0 Å². The van der Waals surface area contributed by atoms with Crippen molar-refractivity contribution >= 4 is 17.9 Å². The highest BCUT2D eigenvalue weighted by atomic mass is 16.6. The Morgan fingerprint density at radius 3 is 2.94 bits per heavy atom. The number of benzene rings is 1. The lowest BCUT2D eigenvalue weighted by atomic mass is 10.1. The van der Waals surface area contributed by atoms with Gasteiger partial charge < -0.3 is 10.5 Å². The van der Waals surface area contributed by atoms with Gasteiger partial charge in [-0.3, -0.25) is 10.1 Å². The van der Waals surface area contributed by atoms with E-state index in [-0.39, 0.29) is 12.1 Å². The zero-order chi connectivity index (χ0) is 13.5. The first-order valence-corrected chi connectivity index (χ1v) is 4.93. The molecule has 0 aromatic heterocycles. The van der Waals surface area contributed by atoms with E-state index in [1.165, 1.54) is 25.5 Å². The molecule has 0 spiro atoms. The number of methoxy groups -OCH3 is 1. The number of ether oxygens (including phenoxy) is 1. The molecule has 96 valence electrons. The number of primary amides is 1. The van der Waals surface area contributed by atoms with E-state index in [0.29, 0.717) is 11.3 Å². The van der Waals surface area contributed by atoms with Crippen molar-refractivity contribution in [2.24, 2.45) is 10.8 Å². The van der Waals surface area contributed by atoms with E-state index in [4.69, 9.17) is 10.5 Å². The van der Waals surface area contributed by atoms with Crippen molar-refractivity contribution in [2.45, 2.75) is 6.42 Å². The summed E-state index contributed by atoms with van der Waals surface area (Å²) in [6, 6.07) is 3.70. The number of nitrogens with two attached hydrogens (primary N) is 1. The molecule has 2 amide bonds. The molecule has 0 aliphatic carbocycles. The second-order valence-corrected chi connectivity index (χ2v) is 3.21. The molecule has 1 rings (SSSR count). The van der Waals surface area contributed by atoms with Crippen LogP contribution < -0.4 is 15.9 Å². The van der Waals surface area contributed by atoms with Crippen LogP contribution in [-0.4, -0.2) is 24.3 Å². The van der Waals surface area contributed by atoms with Gasteiger partial charge >= 0.3 is 6.03 Å². The van der Waals surface area contributed by atoms with E-state index in [1.54, 1.807) is 6.07 Å². The van der Waals surface area contributed by atoms with Gasteiger partial charge in [0.15, 0.2) is 0 Å². The zero-order valence-electron chi connectivity index (χ0n) is 9.62. The van der Waals surface area contributed by atoms with Crippen LogP contribution in [0.15, 0.2) is 23.3 Å². The van der Waals surface area contributed by atoms with Crippen LogP contribution in [0.2, 0.25) is 0 Å². The largest absolute Gasteiger partial charge is 0.496 e. The van der Waals surface area contributed by atoms with Crippen molar-refractivity contribution in [1.82, 2.24) is 5.43 Å². The minimum Gasteiger partial charge on any atom is -0.496 e. The van der Waals surface area contributed by atoms with Crippen molar-refractivity contribution < 1.29 is 14.5 Å². The smallest absolute Gasteiger partial charge is 0.332 e. The van der Waals surface area contributed by atoms with E-state index in [9.17, 15) is 14.9 Å². The first-order valence-electron chi connectivity index (χ1n) is 4.93. The maximum atomic E-state index is 10.8. The SMILES string of the molecule is COc1cccc([N+](=O)[O-])c1CC=NNC(N)=O. The summed E-state index contributed by atoms with van der Waals surface area (Å²) in [5.74, 6) is 0.384. The minimum absolute atomic E-state index is 0.0696. The van der Waals surface area contributed by atoms with E-state index >= 15 is 0 Å². The number of nitro benzene ring substituents is 1. The second-order valence-electron chi connectivity index (χ2n) is 3.21. The van der Waals surface area contributed by atoms with Crippen LogP contribution in [0.5, 0.6) is 5.75 Å². The molecule has 8 nitrogen and oxygen atoms in total. The van der Waals surface area contributed by atoms with Gasteiger partial charge in [0.25, 0.3) is 5.69 Å². The van der Waals surface area contributed by atoms with Crippen molar-refractivity contribution in [3.05, 3.63) is 33.9 Å². The number of hydrogen-bond acceptors (Lipinski definition) is 5. The van der Waals surface area contributed by atoms with Crippen molar-refractivity contribution in [3.8, 4) is 5.75 Å². The second kappa shape index (κ2) is 6.18. The number of urea groups is 1. The first-order chi connectivity index (χ1) is 8.56. The molecule has 18 heavy (non-hydrogen) atoms. The zero-order valence-corrected chi connectivity index (χ0v) is 9.62. The number of rotatable bonds is 5. The molecule has 0 aliphatic heterocycles. The van der Waals surface area contributed by atoms with Crippen molar-refractivity contribution in [2.75, 3.05) is 7.11 Å². The van der Waals surface area contributed by atoms with Crippen molar-refractivity contribution in [1.29, 1.82) is 0 Å². The molecule has 0 bridgehead atoms. The predicted octanol–water partition coefficient (Wildman–Crippen LogP) is 0.800. The van der Waals surface area contributed by atoms with Crippen LogP contribution in [0.25, 0.3) is 0 Å². The summed E-state index contributed by atoms with van der Waals surface area (Å²) in [4.78, 5) is 20.7. The lowest BCUT2D eigenvalue weighted by Gasteiger charge is -2.06. The highest BCUT2D eigenvalue weighted by Crippen LogP contribution is 2.27. The molecule has 0 saturated carbocycles. The van der Waals surface area contributed by atoms with Gasteiger partial charge in [-0.25, -0.2) is 10.2 Å². The number of hydrogen-bond donors (Lipinski definition) is 2. The van der Waals surface area contributed by atoms with Gasteiger partial charge in [0.05, 0.1) is 17.6 Å². The quantitative estimate of drug-likeness (QED) is 0.457. The third kappa shape index (κ3) is 3.44. The fraction of sp³-hybridized carbons (Fsp3) is 0.200. The third-order valence-electron chi connectivity index (χ3n) is 2.09. The van der Waals surface area contributed by atoms with Gasteiger partial charge in [-0.15, -0.1) is 0 Å². The normalized spacial score (nSPS) is 10.3. The number of nitrogens with zero attached hydrogens (tertiary/aromatic N) is 2. The third-order valence-corrected chi connectivity index (χ3v) is 2.09. The topological polar surface area (TPSA) is 120 Å². The maximum Gasteiger partial charge on any atom is 0.332 e. The molecule has 1 aromatic carbocycles. The Balaban J connectivity index is 2.94.